The Morgan fingerprint density at radius 1 is 1.00 bits per heavy atom. The molecule has 0 unspecified atom stereocenters. The zero-order valence-electron chi connectivity index (χ0n) is 11.7. The largest absolute Gasteiger partial charge is 0.322 e. The van der Waals surface area contributed by atoms with Crippen molar-refractivity contribution in [3.8, 4) is 6.07 Å². The monoisotopic (exact) mass is 306 g/mol. The molecule has 1 aromatic heterocycles. The Hall–Kier alpha value is -3.66. The topological polar surface area (TPSA) is 119 Å². The van der Waals surface area contributed by atoms with Crippen LogP contribution in [0.3, 0.4) is 0 Å². The summed E-state index contributed by atoms with van der Waals surface area (Å²) in [7, 11) is 0. The predicted molar refractivity (Wildman–Crippen MR) is 84.3 cm³/mol. The molecule has 0 saturated heterocycles. The van der Waals surface area contributed by atoms with Crippen molar-refractivity contribution in [2.45, 2.75) is 0 Å². The summed E-state index contributed by atoms with van der Waals surface area (Å²) in [6, 6.07) is 12.6. The summed E-state index contributed by atoms with van der Waals surface area (Å²) in [6.45, 7) is 0. The molecule has 3 aromatic rings. The van der Waals surface area contributed by atoms with E-state index in [0.717, 1.165) is 0 Å². The number of amides is 1. The second-order valence-corrected chi connectivity index (χ2v) is 4.82. The maximum Gasteiger partial charge on any atom is 0.270 e. The van der Waals surface area contributed by atoms with Crippen molar-refractivity contribution in [3.05, 3.63) is 74.3 Å². The molecule has 2 aromatic carbocycles. The molecule has 0 aliphatic rings. The summed E-state index contributed by atoms with van der Waals surface area (Å²) >= 11 is 0. The molecule has 1 amide bonds. The van der Waals surface area contributed by atoms with Gasteiger partial charge in [-0.15, -0.1) is 0 Å². The third-order valence-corrected chi connectivity index (χ3v) is 3.31. The van der Waals surface area contributed by atoms with E-state index in [1.165, 1.54) is 24.3 Å². The van der Waals surface area contributed by atoms with Gasteiger partial charge in [0.2, 0.25) is 0 Å². The fourth-order valence-electron chi connectivity index (χ4n) is 2.19. The van der Waals surface area contributed by atoms with E-state index in [1.54, 1.807) is 18.2 Å². The highest BCUT2D eigenvalue weighted by atomic mass is 16.2. The van der Waals surface area contributed by atoms with Crippen molar-refractivity contribution >= 4 is 22.4 Å². The minimum absolute atomic E-state index is 0.178. The molecule has 0 saturated carbocycles. The van der Waals surface area contributed by atoms with Crippen LogP contribution < -0.4 is 16.4 Å². The molecule has 0 aliphatic heterocycles. The molecule has 3 rings (SSSR count). The number of nitrogens with one attached hydrogen (secondary N) is 3. The standard InChI is InChI=1S/C16H10N4O3/c17-8-9-2-1-3-10(6-9)14(21)18-11-4-5-12-13(7-11)16(23)20-19-15(12)22/h1-7H,(H,18,21)(H,19,22)(H,20,23). The molecule has 0 bridgehead atoms. The number of hydrogen-bond acceptors (Lipinski definition) is 4. The van der Waals surface area contributed by atoms with E-state index < -0.39 is 17.0 Å². The first kappa shape index (κ1) is 14.3. The normalized spacial score (nSPS) is 10.2. The second-order valence-electron chi connectivity index (χ2n) is 4.82. The number of aromatic nitrogens is 2. The predicted octanol–water partition coefficient (Wildman–Crippen LogP) is 1.34. The summed E-state index contributed by atoms with van der Waals surface area (Å²) < 4.78 is 0. The Morgan fingerprint density at radius 2 is 1.74 bits per heavy atom. The minimum Gasteiger partial charge on any atom is -0.322 e. The minimum atomic E-state index is -0.456. The van der Waals surface area contributed by atoms with E-state index in [-0.39, 0.29) is 10.8 Å². The van der Waals surface area contributed by atoms with Crippen LogP contribution in [-0.2, 0) is 0 Å². The third kappa shape index (κ3) is 2.73. The smallest absolute Gasteiger partial charge is 0.270 e. The zero-order valence-corrected chi connectivity index (χ0v) is 11.7. The van der Waals surface area contributed by atoms with E-state index in [1.807, 2.05) is 6.07 Å². The second kappa shape index (κ2) is 5.61. The van der Waals surface area contributed by atoms with Crippen molar-refractivity contribution in [2.75, 3.05) is 5.32 Å². The lowest BCUT2D eigenvalue weighted by atomic mass is 10.1. The van der Waals surface area contributed by atoms with Gasteiger partial charge in [0.1, 0.15) is 0 Å². The first-order valence-corrected chi connectivity index (χ1v) is 6.65. The Labute approximate surface area is 129 Å². The van der Waals surface area contributed by atoms with Gasteiger partial charge < -0.3 is 5.32 Å². The first-order valence-electron chi connectivity index (χ1n) is 6.65. The Bertz CT molecular complexity index is 1070. The molecule has 0 atom stereocenters. The number of nitrogens with zero attached hydrogens (tertiary/aromatic N) is 1. The number of fused-ring (bicyclic) bond motifs is 1. The summed E-state index contributed by atoms with van der Waals surface area (Å²) in [4.78, 5) is 35.6. The Kier molecular flexibility index (Phi) is 3.49. The number of hydrogen-bond donors (Lipinski definition) is 3. The number of H-pyrrole nitrogens is 2. The molecule has 1 heterocycles. The Balaban J connectivity index is 1.97. The van der Waals surface area contributed by atoms with Crippen molar-refractivity contribution in [3.63, 3.8) is 0 Å². The van der Waals surface area contributed by atoms with Crippen LogP contribution in [0.4, 0.5) is 5.69 Å². The third-order valence-electron chi connectivity index (χ3n) is 3.31. The average Bonchev–Trinajstić information content (AvgIpc) is 2.58. The maximum atomic E-state index is 12.2. The number of rotatable bonds is 2. The van der Waals surface area contributed by atoms with Crippen LogP contribution >= 0.6 is 0 Å². The maximum absolute atomic E-state index is 12.2. The number of aromatic amines is 2. The molecule has 7 nitrogen and oxygen atoms in total. The van der Waals surface area contributed by atoms with Crippen LogP contribution in [0, 0.1) is 11.3 Å². The van der Waals surface area contributed by atoms with Crippen LogP contribution in [0.5, 0.6) is 0 Å². The highest BCUT2D eigenvalue weighted by molar-refractivity contribution is 6.05. The molecule has 0 spiro atoms. The van der Waals surface area contributed by atoms with Gasteiger partial charge in [0.15, 0.2) is 0 Å². The highest BCUT2D eigenvalue weighted by Crippen LogP contribution is 2.14. The van der Waals surface area contributed by atoms with Crippen LogP contribution in [0.15, 0.2) is 52.1 Å². The van der Waals surface area contributed by atoms with E-state index in [9.17, 15) is 14.4 Å². The SMILES string of the molecule is N#Cc1cccc(C(=O)Nc2ccc3c(=O)[nH][nH]c(=O)c3c2)c1. The molecular weight excluding hydrogens is 296 g/mol. The molecular formula is C16H10N4O3. The van der Waals surface area contributed by atoms with Crippen LogP contribution in [0.2, 0.25) is 0 Å². The van der Waals surface area contributed by atoms with Crippen molar-refractivity contribution in [1.29, 1.82) is 5.26 Å². The Morgan fingerprint density at radius 3 is 2.48 bits per heavy atom. The van der Waals surface area contributed by atoms with Gasteiger partial charge >= 0.3 is 0 Å². The van der Waals surface area contributed by atoms with Gasteiger partial charge in [0, 0.05) is 11.3 Å². The van der Waals surface area contributed by atoms with Gasteiger partial charge in [0.05, 0.1) is 22.4 Å². The molecule has 0 radical (unpaired) electrons. The van der Waals surface area contributed by atoms with E-state index in [0.29, 0.717) is 16.8 Å². The molecule has 0 fully saturated rings. The molecule has 0 aliphatic carbocycles. The molecule has 23 heavy (non-hydrogen) atoms. The van der Waals surface area contributed by atoms with Crippen molar-refractivity contribution in [1.82, 2.24) is 10.2 Å². The van der Waals surface area contributed by atoms with Gasteiger partial charge in [-0.05, 0) is 36.4 Å². The van der Waals surface area contributed by atoms with Crippen molar-refractivity contribution in [2.24, 2.45) is 0 Å². The van der Waals surface area contributed by atoms with Gasteiger partial charge in [-0.3, -0.25) is 24.6 Å². The van der Waals surface area contributed by atoms with Gasteiger partial charge in [0.25, 0.3) is 17.0 Å². The number of carbonyl (C=O) groups excluding carboxylic acids is 1. The number of benzene rings is 2. The summed E-state index contributed by atoms with van der Waals surface area (Å²) in [5.74, 6) is -0.414. The number of nitriles is 1. The summed E-state index contributed by atoms with van der Waals surface area (Å²) in [5, 5.41) is 16.4. The fraction of sp³-hybridized carbons (Fsp3) is 0. The van der Waals surface area contributed by atoms with Crippen molar-refractivity contribution < 1.29 is 4.79 Å². The molecule has 3 N–H and O–H groups in total. The number of anilines is 1. The molecule has 112 valence electrons. The van der Waals surface area contributed by atoms with Crippen LogP contribution in [-0.4, -0.2) is 16.1 Å². The van der Waals surface area contributed by atoms with E-state index in [4.69, 9.17) is 5.26 Å². The lowest BCUT2D eigenvalue weighted by molar-refractivity contribution is 0.102. The first-order chi connectivity index (χ1) is 11.1. The quantitative estimate of drug-likeness (QED) is 0.662. The highest BCUT2D eigenvalue weighted by Gasteiger charge is 2.09. The van der Waals surface area contributed by atoms with Crippen LogP contribution in [0.1, 0.15) is 15.9 Å². The van der Waals surface area contributed by atoms with E-state index >= 15 is 0 Å². The van der Waals surface area contributed by atoms with Gasteiger partial charge in [-0.2, -0.15) is 5.26 Å². The van der Waals surface area contributed by atoms with E-state index in [2.05, 4.69) is 15.5 Å². The zero-order chi connectivity index (χ0) is 16.4. The lowest BCUT2D eigenvalue weighted by Crippen LogP contribution is -2.19. The molecule has 7 heteroatoms. The van der Waals surface area contributed by atoms with Gasteiger partial charge in [-0.25, -0.2) is 0 Å². The number of carbonyl (C=O) groups is 1. The average molecular weight is 306 g/mol. The fourth-order valence-corrected chi connectivity index (χ4v) is 2.19. The van der Waals surface area contributed by atoms with Gasteiger partial charge in [-0.1, -0.05) is 6.07 Å². The summed E-state index contributed by atoms with van der Waals surface area (Å²) in [6.07, 6.45) is 0. The van der Waals surface area contributed by atoms with Crippen LogP contribution in [0.25, 0.3) is 10.8 Å². The summed E-state index contributed by atoms with van der Waals surface area (Å²) in [5.41, 5.74) is 0.199. The lowest BCUT2D eigenvalue weighted by Gasteiger charge is -2.06.